The number of rotatable bonds is 2. The Morgan fingerprint density at radius 2 is 2.31 bits per heavy atom. The molecule has 1 aromatic rings. The lowest BCUT2D eigenvalue weighted by molar-refractivity contribution is -0.139. The standard InChI is InChI=1S/C8H7BrFNO2/c1-8(9,7(12)13)6-3-2-5(10)4-11-6/h2-4H,1H3,(H,12,13). The molecule has 1 heterocycles. The van der Waals surface area contributed by atoms with E-state index in [2.05, 4.69) is 20.9 Å². The molecule has 1 unspecified atom stereocenters. The molecule has 3 nitrogen and oxygen atoms in total. The molecule has 0 aromatic carbocycles. The molecule has 0 aliphatic heterocycles. The first-order chi connectivity index (χ1) is 5.94. The highest BCUT2D eigenvalue weighted by Gasteiger charge is 2.33. The number of hydrogen-bond acceptors (Lipinski definition) is 2. The van der Waals surface area contributed by atoms with E-state index in [1.54, 1.807) is 0 Å². The third-order valence-corrected chi connectivity index (χ3v) is 2.36. The van der Waals surface area contributed by atoms with Crippen LogP contribution < -0.4 is 0 Å². The maximum Gasteiger partial charge on any atom is 0.326 e. The van der Waals surface area contributed by atoms with Crippen molar-refractivity contribution in [1.82, 2.24) is 4.98 Å². The van der Waals surface area contributed by atoms with Gasteiger partial charge < -0.3 is 5.11 Å². The molecule has 1 aromatic heterocycles. The second-order valence-electron chi connectivity index (χ2n) is 2.67. The molecule has 0 radical (unpaired) electrons. The number of alkyl halides is 1. The van der Waals surface area contributed by atoms with Gasteiger partial charge in [-0.25, -0.2) is 4.39 Å². The topological polar surface area (TPSA) is 50.2 Å². The van der Waals surface area contributed by atoms with Crippen molar-refractivity contribution < 1.29 is 14.3 Å². The van der Waals surface area contributed by atoms with Gasteiger partial charge in [0.15, 0.2) is 4.32 Å². The van der Waals surface area contributed by atoms with E-state index in [1.807, 2.05) is 0 Å². The predicted molar refractivity (Wildman–Crippen MR) is 48.1 cm³/mol. The Hall–Kier alpha value is -0.970. The first kappa shape index (κ1) is 10.1. The molecule has 0 aliphatic carbocycles. The number of hydrogen-bond donors (Lipinski definition) is 1. The van der Waals surface area contributed by atoms with Crippen molar-refractivity contribution in [2.24, 2.45) is 0 Å². The maximum absolute atomic E-state index is 12.5. The highest BCUT2D eigenvalue weighted by molar-refractivity contribution is 9.10. The van der Waals surface area contributed by atoms with Crippen LogP contribution in [0.25, 0.3) is 0 Å². The molecule has 1 atom stereocenters. The average Bonchev–Trinajstić information content (AvgIpc) is 2.04. The molecular weight excluding hydrogens is 241 g/mol. The summed E-state index contributed by atoms with van der Waals surface area (Å²) in [5, 5.41) is 8.78. The van der Waals surface area contributed by atoms with Crippen molar-refractivity contribution in [3.8, 4) is 0 Å². The van der Waals surface area contributed by atoms with Gasteiger partial charge in [0, 0.05) is 0 Å². The molecule has 0 amide bonds. The van der Waals surface area contributed by atoms with E-state index in [0.29, 0.717) is 0 Å². The molecule has 0 aliphatic rings. The van der Waals surface area contributed by atoms with Crippen LogP contribution in [-0.4, -0.2) is 16.1 Å². The van der Waals surface area contributed by atoms with Crippen LogP contribution in [0.1, 0.15) is 12.6 Å². The molecule has 0 spiro atoms. The summed E-state index contributed by atoms with van der Waals surface area (Å²) in [5.41, 5.74) is 0.265. The minimum atomic E-state index is -1.26. The van der Waals surface area contributed by atoms with Crippen LogP contribution in [-0.2, 0) is 9.12 Å². The lowest BCUT2D eigenvalue weighted by atomic mass is 10.1. The quantitative estimate of drug-likeness (QED) is 0.813. The Labute approximate surface area is 82.7 Å². The lowest BCUT2D eigenvalue weighted by Crippen LogP contribution is -2.26. The molecule has 0 saturated carbocycles. The molecule has 0 bridgehead atoms. The van der Waals surface area contributed by atoms with Crippen LogP contribution in [0.4, 0.5) is 4.39 Å². The molecule has 0 saturated heterocycles. The van der Waals surface area contributed by atoms with Crippen LogP contribution in [0.2, 0.25) is 0 Å². The van der Waals surface area contributed by atoms with Crippen molar-refractivity contribution in [2.75, 3.05) is 0 Å². The molecule has 1 rings (SSSR count). The van der Waals surface area contributed by atoms with Crippen molar-refractivity contribution in [3.05, 3.63) is 29.8 Å². The molecule has 1 N–H and O–H groups in total. The fourth-order valence-corrected chi connectivity index (χ4v) is 0.998. The highest BCUT2D eigenvalue weighted by Crippen LogP contribution is 2.29. The second-order valence-corrected chi connectivity index (χ2v) is 4.26. The van der Waals surface area contributed by atoms with Gasteiger partial charge in [-0.05, 0) is 19.1 Å². The zero-order valence-electron chi connectivity index (χ0n) is 6.79. The Bertz CT molecular complexity index is 323. The van der Waals surface area contributed by atoms with Crippen LogP contribution >= 0.6 is 15.9 Å². The monoisotopic (exact) mass is 247 g/mol. The minimum Gasteiger partial charge on any atom is -0.480 e. The maximum atomic E-state index is 12.5. The van der Waals surface area contributed by atoms with E-state index in [4.69, 9.17) is 5.11 Å². The Kier molecular flexibility index (Phi) is 2.66. The van der Waals surface area contributed by atoms with Crippen molar-refractivity contribution >= 4 is 21.9 Å². The average molecular weight is 248 g/mol. The van der Waals surface area contributed by atoms with Crippen LogP contribution in [0.15, 0.2) is 18.3 Å². The smallest absolute Gasteiger partial charge is 0.326 e. The number of nitrogens with zero attached hydrogens (tertiary/aromatic N) is 1. The van der Waals surface area contributed by atoms with Gasteiger partial charge in [0.05, 0.1) is 11.9 Å². The van der Waals surface area contributed by atoms with E-state index in [1.165, 1.54) is 19.1 Å². The number of carboxylic acids is 1. The Morgan fingerprint density at radius 1 is 1.69 bits per heavy atom. The summed E-state index contributed by atoms with van der Waals surface area (Å²) in [5.74, 6) is -1.55. The lowest BCUT2D eigenvalue weighted by Gasteiger charge is -2.15. The zero-order chi connectivity index (χ0) is 10.1. The number of carboxylic acid groups (broad SMARTS) is 1. The van der Waals surface area contributed by atoms with E-state index < -0.39 is 16.1 Å². The van der Waals surface area contributed by atoms with Crippen molar-refractivity contribution in [3.63, 3.8) is 0 Å². The first-order valence-corrected chi connectivity index (χ1v) is 4.28. The molecule has 13 heavy (non-hydrogen) atoms. The predicted octanol–water partition coefficient (Wildman–Crippen LogP) is 1.92. The van der Waals surface area contributed by atoms with Crippen LogP contribution in [0.5, 0.6) is 0 Å². The Morgan fingerprint density at radius 3 is 2.69 bits per heavy atom. The number of aliphatic carboxylic acids is 1. The van der Waals surface area contributed by atoms with Gasteiger partial charge in [0.25, 0.3) is 0 Å². The number of halogens is 2. The summed E-state index contributed by atoms with van der Waals surface area (Å²) in [6, 6.07) is 2.50. The fourth-order valence-electron chi connectivity index (χ4n) is 0.763. The van der Waals surface area contributed by atoms with E-state index in [9.17, 15) is 9.18 Å². The zero-order valence-corrected chi connectivity index (χ0v) is 8.38. The molecular formula is C8H7BrFNO2. The number of carbonyl (C=O) groups is 1. The van der Waals surface area contributed by atoms with Crippen LogP contribution in [0, 0.1) is 5.82 Å². The fraction of sp³-hybridized carbons (Fsp3) is 0.250. The number of aromatic nitrogens is 1. The van der Waals surface area contributed by atoms with Gasteiger partial charge in [0.1, 0.15) is 5.82 Å². The first-order valence-electron chi connectivity index (χ1n) is 3.49. The third-order valence-electron chi connectivity index (χ3n) is 1.61. The summed E-state index contributed by atoms with van der Waals surface area (Å²) < 4.78 is 11.2. The van der Waals surface area contributed by atoms with Gasteiger partial charge in [-0.3, -0.25) is 9.78 Å². The van der Waals surface area contributed by atoms with Gasteiger partial charge in [-0.2, -0.15) is 0 Å². The van der Waals surface area contributed by atoms with Crippen LogP contribution in [0.3, 0.4) is 0 Å². The summed E-state index contributed by atoms with van der Waals surface area (Å²) in [6.07, 6.45) is 0.984. The summed E-state index contributed by atoms with van der Waals surface area (Å²) >= 11 is 2.99. The second kappa shape index (κ2) is 3.41. The van der Waals surface area contributed by atoms with Gasteiger partial charge >= 0.3 is 5.97 Å². The summed E-state index contributed by atoms with van der Waals surface area (Å²) in [4.78, 5) is 14.4. The number of pyridine rings is 1. The van der Waals surface area contributed by atoms with E-state index >= 15 is 0 Å². The van der Waals surface area contributed by atoms with E-state index in [0.717, 1.165) is 6.20 Å². The SMILES string of the molecule is CC(Br)(C(=O)O)c1ccc(F)cn1. The normalized spacial score (nSPS) is 15.0. The summed E-state index contributed by atoms with van der Waals surface area (Å²) in [6.45, 7) is 1.44. The highest BCUT2D eigenvalue weighted by atomic mass is 79.9. The Balaban J connectivity index is 3.08. The third kappa shape index (κ3) is 2.03. The molecule has 5 heteroatoms. The van der Waals surface area contributed by atoms with E-state index in [-0.39, 0.29) is 5.69 Å². The van der Waals surface area contributed by atoms with Gasteiger partial charge in [-0.15, -0.1) is 0 Å². The minimum absolute atomic E-state index is 0.265. The van der Waals surface area contributed by atoms with Gasteiger partial charge in [-0.1, -0.05) is 15.9 Å². The summed E-state index contributed by atoms with van der Waals surface area (Å²) in [7, 11) is 0. The van der Waals surface area contributed by atoms with Gasteiger partial charge in [0.2, 0.25) is 0 Å². The molecule has 70 valence electrons. The van der Waals surface area contributed by atoms with Crippen molar-refractivity contribution in [2.45, 2.75) is 11.2 Å². The van der Waals surface area contributed by atoms with Crippen molar-refractivity contribution in [1.29, 1.82) is 0 Å². The molecule has 0 fully saturated rings. The largest absolute Gasteiger partial charge is 0.480 e.